The zero-order valence-electron chi connectivity index (χ0n) is 11.2. The standard InChI is InChI=1S/C14H18BrFN2O/c1-3-17-6-7-18(9-10(17)2)14(19)11-4-5-13(16)12(15)8-11/h4-5,8,10H,3,6-7,9H2,1-2H3. The summed E-state index contributed by atoms with van der Waals surface area (Å²) in [6.07, 6.45) is 0. The first kappa shape index (κ1) is 14.5. The molecule has 0 aromatic heterocycles. The highest BCUT2D eigenvalue weighted by atomic mass is 79.9. The normalized spacial score (nSPS) is 20.6. The third-order valence-electron chi connectivity index (χ3n) is 3.63. The first-order chi connectivity index (χ1) is 9.02. The molecule has 1 unspecified atom stereocenters. The summed E-state index contributed by atoms with van der Waals surface area (Å²) in [4.78, 5) is 16.6. The Morgan fingerprint density at radius 1 is 1.47 bits per heavy atom. The Labute approximate surface area is 121 Å². The van der Waals surface area contributed by atoms with Crippen LogP contribution in [0, 0.1) is 5.82 Å². The molecule has 19 heavy (non-hydrogen) atoms. The van der Waals surface area contributed by atoms with Crippen LogP contribution in [0.4, 0.5) is 4.39 Å². The van der Waals surface area contributed by atoms with E-state index < -0.39 is 0 Å². The van der Waals surface area contributed by atoms with E-state index in [0.717, 1.165) is 26.2 Å². The lowest BCUT2D eigenvalue weighted by molar-refractivity contribution is 0.0528. The number of nitrogens with zero attached hydrogens (tertiary/aromatic N) is 2. The Bertz CT molecular complexity index is 481. The van der Waals surface area contributed by atoms with Gasteiger partial charge >= 0.3 is 0 Å². The van der Waals surface area contributed by atoms with Crippen LogP contribution in [0.25, 0.3) is 0 Å². The third kappa shape index (κ3) is 3.15. The van der Waals surface area contributed by atoms with Crippen molar-refractivity contribution < 1.29 is 9.18 Å². The van der Waals surface area contributed by atoms with Crippen LogP contribution in [-0.2, 0) is 0 Å². The monoisotopic (exact) mass is 328 g/mol. The zero-order valence-corrected chi connectivity index (χ0v) is 12.8. The number of benzene rings is 1. The molecule has 5 heteroatoms. The van der Waals surface area contributed by atoms with E-state index in [-0.39, 0.29) is 11.7 Å². The Morgan fingerprint density at radius 3 is 2.79 bits per heavy atom. The second-order valence-electron chi connectivity index (χ2n) is 4.86. The predicted octanol–water partition coefficient (Wildman–Crippen LogP) is 2.75. The van der Waals surface area contributed by atoms with E-state index in [1.807, 2.05) is 4.90 Å². The van der Waals surface area contributed by atoms with Gasteiger partial charge in [0.2, 0.25) is 0 Å². The van der Waals surface area contributed by atoms with Gasteiger partial charge in [0.05, 0.1) is 4.47 Å². The number of hydrogen-bond acceptors (Lipinski definition) is 2. The van der Waals surface area contributed by atoms with E-state index in [9.17, 15) is 9.18 Å². The van der Waals surface area contributed by atoms with E-state index >= 15 is 0 Å². The number of likely N-dealkylation sites (N-methyl/N-ethyl adjacent to an activating group) is 1. The Hall–Kier alpha value is -0.940. The van der Waals surface area contributed by atoms with Gasteiger partial charge in [-0.15, -0.1) is 0 Å². The molecule has 104 valence electrons. The minimum atomic E-state index is -0.347. The van der Waals surface area contributed by atoms with Crippen molar-refractivity contribution in [2.24, 2.45) is 0 Å². The van der Waals surface area contributed by atoms with E-state index in [1.165, 1.54) is 6.07 Å². The number of halogens is 2. The lowest BCUT2D eigenvalue weighted by Crippen LogP contribution is -2.53. The minimum Gasteiger partial charge on any atom is -0.336 e. The molecule has 2 rings (SSSR count). The average molecular weight is 329 g/mol. The fraction of sp³-hybridized carbons (Fsp3) is 0.500. The maximum absolute atomic E-state index is 13.2. The molecule has 0 spiro atoms. The summed E-state index contributed by atoms with van der Waals surface area (Å²) in [5, 5.41) is 0. The van der Waals surface area contributed by atoms with Crippen molar-refractivity contribution in [2.75, 3.05) is 26.2 Å². The van der Waals surface area contributed by atoms with Gasteiger partial charge in [0.1, 0.15) is 5.82 Å². The van der Waals surface area contributed by atoms with Gasteiger partial charge in [-0.3, -0.25) is 9.69 Å². The van der Waals surface area contributed by atoms with Crippen molar-refractivity contribution in [3.8, 4) is 0 Å². The molecule has 0 N–H and O–H groups in total. The second kappa shape index (κ2) is 6.01. The van der Waals surface area contributed by atoms with Gasteiger partial charge in [0.25, 0.3) is 5.91 Å². The number of carbonyl (C=O) groups excluding carboxylic acids is 1. The molecular weight excluding hydrogens is 311 g/mol. The van der Waals surface area contributed by atoms with Crippen molar-refractivity contribution in [3.63, 3.8) is 0 Å². The summed E-state index contributed by atoms with van der Waals surface area (Å²) >= 11 is 3.12. The van der Waals surface area contributed by atoms with E-state index in [4.69, 9.17) is 0 Å². The van der Waals surface area contributed by atoms with E-state index in [1.54, 1.807) is 12.1 Å². The molecule has 0 aliphatic carbocycles. The summed E-state index contributed by atoms with van der Waals surface area (Å²) < 4.78 is 13.5. The Morgan fingerprint density at radius 2 is 2.21 bits per heavy atom. The Balaban J connectivity index is 2.10. The van der Waals surface area contributed by atoms with Gasteiger partial charge in [0, 0.05) is 31.2 Å². The molecular formula is C14H18BrFN2O. The fourth-order valence-corrected chi connectivity index (χ4v) is 2.84. The quantitative estimate of drug-likeness (QED) is 0.833. The molecule has 0 bridgehead atoms. The van der Waals surface area contributed by atoms with E-state index in [2.05, 4.69) is 34.7 Å². The molecule has 1 aromatic rings. The molecule has 1 atom stereocenters. The third-order valence-corrected chi connectivity index (χ3v) is 4.23. The number of piperazine rings is 1. The molecule has 1 aliphatic rings. The highest BCUT2D eigenvalue weighted by Crippen LogP contribution is 2.19. The molecule has 1 amide bonds. The smallest absolute Gasteiger partial charge is 0.253 e. The van der Waals surface area contributed by atoms with Crippen molar-refractivity contribution in [1.82, 2.24) is 9.80 Å². The van der Waals surface area contributed by atoms with Gasteiger partial charge in [-0.2, -0.15) is 0 Å². The minimum absolute atomic E-state index is 0.0247. The number of hydrogen-bond donors (Lipinski definition) is 0. The molecule has 1 aromatic carbocycles. The van der Waals surface area contributed by atoms with Gasteiger partial charge in [-0.25, -0.2) is 4.39 Å². The van der Waals surface area contributed by atoms with Crippen LogP contribution >= 0.6 is 15.9 Å². The number of rotatable bonds is 2. The summed E-state index contributed by atoms with van der Waals surface area (Å²) in [6, 6.07) is 4.78. The molecule has 1 saturated heterocycles. The molecule has 0 radical (unpaired) electrons. The Kier molecular flexibility index (Phi) is 4.58. The van der Waals surface area contributed by atoms with Crippen LogP contribution in [0.15, 0.2) is 22.7 Å². The zero-order chi connectivity index (χ0) is 14.0. The lowest BCUT2D eigenvalue weighted by Gasteiger charge is -2.39. The van der Waals surface area contributed by atoms with Crippen molar-refractivity contribution in [2.45, 2.75) is 19.9 Å². The first-order valence-electron chi connectivity index (χ1n) is 6.51. The topological polar surface area (TPSA) is 23.6 Å². The highest BCUT2D eigenvalue weighted by molar-refractivity contribution is 9.10. The summed E-state index contributed by atoms with van der Waals surface area (Å²) in [5.41, 5.74) is 0.533. The highest BCUT2D eigenvalue weighted by Gasteiger charge is 2.26. The van der Waals surface area contributed by atoms with Crippen LogP contribution in [0.5, 0.6) is 0 Å². The molecule has 3 nitrogen and oxygen atoms in total. The molecule has 1 aliphatic heterocycles. The summed E-state index contributed by atoms with van der Waals surface area (Å²) in [5.74, 6) is -0.371. The van der Waals surface area contributed by atoms with Gasteiger partial charge in [0.15, 0.2) is 0 Å². The molecule has 1 heterocycles. The van der Waals surface area contributed by atoms with E-state index in [0.29, 0.717) is 16.1 Å². The van der Waals surface area contributed by atoms with Crippen LogP contribution < -0.4 is 0 Å². The fourth-order valence-electron chi connectivity index (χ4n) is 2.46. The molecule has 0 saturated carbocycles. The first-order valence-corrected chi connectivity index (χ1v) is 7.30. The maximum Gasteiger partial charge on any atom is 0.253 e. The average Bonchev–Trinajstić information content (AvgIpc) is 2.41. The number of amides is 1. The van der Waals surface area contributed by atoms with Crippen molar-refractivity contribution >= 4 is 21.8 Å². The largest absolute Gasteiger partial charge is 0.336 e. The predicted molar refractivity (Wildman–Crippen MR) is 76.7 cm³/mol. The number of carbonyl (C=O) groups is 1. The summed E-state index contributed by atoms with van der Waals surface area (Å²) in [7, 11) is 0. The molecule has 1 fully saturated rings. The lowest BCUT2D eigenvalue weighted by atomic mass is 10.1. The van der Waals surface area contributed by atoms with Crippen LogP contribution in [-0.4, -0.2) is 47.9 Å². The van der Waals surface area contributed by atoms with Crippen molar-refractivity contribution in [1.29, 1.82) is 0 Å². The van der Waals surface area contributed by atoms with Gasteiger partial charge < -0.3 is 4.90 Å². The second-order valence-corrected chi connectivity index (χ2v) is 5.71. The van der Waals surface area contributed by atoms with Gasteiger partial charge in [-0.05, 0) is 47.6 Å². The van der Waals surface area contributed by atoms with Crippen LogP contribution in [0.3, 0.4) is 0 Å². The summed E-state index contributed by atoms with van der Waals surface area (Å²) in [6.45, 7) is 7.61. The van der Waals surface area contributed by atoms with Crippen LogP contribution in [0.2, 0.25) is 0 Å². The van der Waals surface area contributed by atoms with Gasteiger partial charge in [-0.1, -0.05) is 6.92 Å². The SMILES string of the molecule is CCN1CCN(C(=O)c2ccc(F)c(Br)c2)CC1C. The van der Waals surface area contributed by atoms with Crippen LogP contribution in [0.1, 0.15) is 24.2 Å². The maximum atomic E-state index is 13.2. The van der Waals surface area contributed by atoms with Crippen molar-refractivity contribution in [3.05, 3.63) is 34.1 Å².